The molecule has 0 fully saturated rings. The van der Waals surface area contributed by atoms with Gasteiger partial charge in [-0.25, -0.2) is 0 Å². The average molecular weight is 180 g/mol. The van der Waals surface area contributed by atoms with Crippen LogP contribution in [0.2, 0.25) is 0 Å². The second-order valence-electron chi connectivity index (χ2n) is 2.28. The second-order valence-corrected chi connectivity index (χ2v) is 2.28. The first-order valence-electron chi connectivity index (χ1n) is 3.47. The Morgan fingerprint density at radius 1 is 1.15 bits per heavy atom. The zero-order valence-electron chi connectivity index (χ0n) is 6.62. The van der Waals surface area contributed by atoms with Gasteiger partial charge in [-0.3, -0.25) is 0 Å². The van der Waals surface area contributed by atoms with Crippen molar-refractivity contribution in [3.05, 3.63) is 29.8 Å². The highest BCUT2D eigenvalue weighted by Crippen LogP contribution is 2.09. The normalized spacial score (nSPS) is 12.2. The molecule has 0 heterocycles. The van der Waals surface area contributed by atoms with Gasteiger partial charge in [-0.05, 0) is 24.3 Å². The fraction of sp³-hybridized carbons (Fsp3) is 0. The molecule has 0 aromatic heterocycles. The SMILES string of the molecule is O/N=C/C(=N/O)c1ccc(O)cc1. The highest BCUT2D eigenvalue weighted by atomic mass is 16.4. The lowest BCUT2D eigenvalue weighted by atomic mass is 10.1. The van der Waals surface area contributed by atoms with E-state index in [-0.39, 0.29) is 11.5 Å². The van der Waals surface area contributed by atoms with Gasteiger partial charge < -0.3 is 15.5 Å². The van der Waals surface area contributed by atoms with Crippen LogP contribution in [0.15, 0.2) is 34.6 Å². The van der Waals surface area contributed by atoms with Gasteiger partial charge in [0.05, 0.1) is 6.21 Å². The summed E-state index contributed by atoms with van der Waals surface area (Å²) < 4.78 is 0. The van der Waals surface area contributed by atoms with Crippen LogP contribution in [-0.2, 0) is 0 Å². The van der Waals surface area contributed by atoms with Gasteiger partial charge in [-0.2, -0.15) is 0 Å². The lowest BCUT2D eigenvalue weighted by Crippen LogP contribution is -2.01. The van der Waals surface area contributed by atoms with Crippen molar-refractivity contribution in [1.82, 2.24) is 0 Å². The van der Waals surface area contributed by atoms with Crippen LogP contribution in [0.3, 0.4) is 0 Å². The largest absolute Gasteiger partial charge is 0.508 e. The average Bonchev–Trinajstić information content (AvgIpc) is 2.16. The molecule has 13 heavy (non-hydrogen) atoms. The maximum atomic E-state index is 8.96. The molecule has 5 heteroatoms. The first kappa shape index (κ1) is 9.05. The Balaban J connectivity index is 3.00. The van der Waals surface area contributed by atoms with E-state index in [0.29, 0.717) is 5.56 Å². The van der Waals surface area contributed by atoms with Gasteiger partial charge in [0.2, 0.25) is 0 Å². The monoisotopic (exact) mass is 180 g/mol. The Labute approximate surface area is 74.2 Å². The van der Waals surface area contributed by atoms with Crippen molar-refractivity contribution < 1.29 is 15.5 Å². The fourth-order valence-corrected chi connectivity index (χ4v) is 0.845. The van der Waals surface area contributed by atoms with E-state index < -0.39 is 0 Å². The summed E-state index contributed by atoms with van der Waals surface area (Å²) in [6, 6.07) is 5.94. The van der Waals surface area contributed by atoms with Crippen molar-refractivity contribution in [3.63, 3.8) is 0 Å². The number of phenols is 1. The van der Waals surface area contributed by atoms with Crippen LogP contribution in [0.1, 0.15) is 5.56 Å². The van der Waals surface area contributed by atoms with Crippen LogP contribution >= 0.6 is 0 Å². The molecule has 0 amide bonds. The quantitative estimate of drug-likeness (QED) is 0.361. The van der Waals surface area contributed by atoms with E-state index >= 15 is 0 Å². The van der Waals surface area contributed by atoms with Crippen LogP contribution < -0.4 is 0 Å². The van der Waals surface area contributed by atoms with Crippen LogP contribution in [0.4, 0.5) is 0 Å². The van der Waals surface area contributed by atoms with E-state index in [9.17, 15) is 0 Å². The number of aromatic hydroxyl groups is 1. The fourth-order valence-electron chi connectivity index (χ4n) is 0.845. The molecular formula is C8H8N2O3. The minimum absolute atomic E-state index is 0.113. The van der Waals surface area contributed by atoms with E-state index in [2.05, 4.69) is 10.3 Å². The third-order valence-electron chi connectivity index (χ3n) is 1.45. The van der Waals surface area contributed by atoms with E-state index in [0.717, 1.165) is 6.21 Å². The second kappa shape index (κ2) is 4.10. The maximum absolute atomic E-state index is 8.96. The summed E-state index contributed by atoms with van der Waals surface area (Å²) in [5.41, 5.74) is 0.653. The van der Waals surface area contributed by atoms with Crippen molar-refractivity contribution in [2.24, 2.45) is 10.3 Å². The van der Waals surface area contributed by atoms with Gasteiger partial charge in [-0.1, -0.05) is 10.3 Å². The molecule has 1 rings (SSSR count). The molecule has 0 bridgehead atoms. The minimum atomic E-state index is 0.113. The Kier molecular flexibility index (Phi) is 2.86. The predicted molar refractivity (Wildman–Crippen MR) is 46.7 cm³/mol. The summed E-state index contributed by atoms with van der Waals surface area (Å²) in [6.07, 6.45) is 0.992. The Morgan fingerprint density at radius 3 is 2.23 bits per heavy atom. The first-order chi connectivity index (χ1) is 6.27. The molecule has 0 spiro atoms. The molecule has 0 atom stereocenters. The van der Waals surface area contributed by atoms with Crippen molar-refractivity contribution in [3.8, 4) is 5.75 Å². The van der Waals surface area contributed by atoms with Crippen LogP contribution in [0, 0.1) is 0 Å². The molecule has 1 aromatic carbocycles. The zero-order chi connectivity index (χ0) is 9.68. The number of oxime groups is 2. The van der Waals surface area contributed by atoms with Gasteiger partial charge in [0.1, 0.15) is 11.5 Å². The first-order valence-corrected chi connectivity index (χ1v) is 3.47. The molecule has 68 valence electrons. The van der Waals surface area contributed by atoms with E-state index in [4.69, 9.17) is 15.5 Å². The van der Waals surface area contributed by atoms with Crippen LogP contribution in [-0.4, -0.2) is 27.4 Å². The smallest absolute Gasteiger partial charge is 0.131 e. The highest BCUT2D eigenvalue weighted by Gasteiger charge is 2.00. The van der Waals surface area contributed by atoms with Crippen LogP contribution in [0.25, 0.3) is 0 Å². The summed E-state index contributed by atoms with van der Waals surface area (Å²) in [5.74, 6) is 0.113. The number of hydrogen-bond acceptors (Lipinski definition) is 5. The van der Waals surface area contributed by atoms with Gasteiger partial charge in [0, 0.05) is 5.56 Å². The highest BCUT2D eigenvalue weighted by molar-refractivity contribution is 6.37. The number of nitrogens with zero attached hydrogens (tertiary/aromatic N) is 2. The lowest BCUT2D eigenvalue weighted by Gasteiger charge is -1.97. The van der Waals surface area contributed by atoms with Gasteiger partial charge in [-0.15, -0.1) is 0 Å². The number of hydrogen-bond donors (Lipinski definition) is 3. The molecule has 0 aliphatic heterocycles. The number of phenolic OH excluding ortho intramolecular Hbond substituents is 1. The molecule has 1 aromatic rings. The third-order valence-corrected chi connectivity index (χ3v) is 1.45. The van der Waals surface area contributed by atoms with E-state index in [1.165, 1.54) is 24.3 Å². The van der Waals surface area contributed by atoms with Crippen molar-refractivity contribution in [1.29, 1.82) is 0 Å². The summed E-state index contributed by atoms with van der Waals surface area (Å²) in [5, 5.41) is 31.3. The third kappa shape index (κ3) is 2.19. The van der Waals surface area contributed by atoms with Gasteiger partial charge >= 0.3 is 0 Å². The molecule has 0 unspecified atom stereocenters. The molecule has 0 radical (unpaired) electrons. The lowest BCUT2D eigenvalue weighted by molar-refractivity contribution is 0.316. The minimum Gasteiger partial charge on any atom is -0.508 e. The topological polar surface area (TPSA) is 85.4 Å². The molecule has 3 N–H and O–H groups in total. The summed E-state index contributed by atoms with van der Waals surface area (Å²) in [6.45, 7) is 0. The standard InChI is InChI=1S/C8H8N2O3/c11-7-3-1-6(2-4-7)8(10-13)5-9-12/h1-5,11-13H/b9-5+,10-8-. The zero-order valence-corrected chi connectivity index (χ0v) is 6.62. The number of rotatable bonds is 2. The Hall–Kier alpha value is -2.04. The molecule has 0 saturated carbocycles. The van der Waals surface area contributed by atoms with E-state index in [1.807, 2.05) is 0 Å². The molecular weight excluding hydrogens is 172 g/mol. The maximum Gasteiger partial charge on any atom is 0.131 e. The Bertz CT molecular complexity index is 330. The predicted octanol–water partition coefficient (Wildman–Crippen LogP) is 1.03. The molecule has 0 saturated heterocycles. The van der Waals surface area contributed by atoms with E-state index in [1.54, 1.807) is 0 Å². The Morgan fingerprint density at radius 2 is 1.77 bits per heavy atom. The summed E-state index contributed by atoms with van der Waals surface area (Å²) in [4.78, 5) is 0. The molecule has 5 nitrogen and oxygen atoms in total. The summed E-state index contributed by atoms with van der Waals surface area (Å²) >= 11 is 0. The number of benzene rings is 1. The van der Waals surface area contributed by atoms with Crippen molar-refractivity contribution in [2.45, 2.75) is 0 Å². The molecule has 0 aliphatic carbocycles. The van der Waals surface area contributed by atoms with Gasteiger partial charge in [0.15, 0.2) is 0 Å². The van der Waals surface area contributed by atoms with Crippen molar-refractivity contribution >= 4 is 11.9 Å². The molecule has 0 aliphatic rings. The van der Waals surface area contributed by atoms with Crippen LogP contribution in [0.5, 0.6) is 5.75 Å². The van der Waals surface area contributed by atoms with Gasteiger partial charge in [0.25, 0.3) is 0 Å². The van der Waals surface area contributed by atoms with Crippen molar-refractivity contribution in [2.75, 3.05) is 0 Å². The summed E-state index contributed by atoms with van der Waals surface area (Å²) in [7, 11) is 0.